The second-order valence-corrected chi connectivity index (χ2v) is 5.99. The topological polar surface area (TPSA) is 119 Å². The summed E-state index contributed by atoms with van der Waals surface area (Å²) in [7, 11) is 0. The Bertz CT molecular complexity index is 907. The first-order chi connectivity index (χ1) is 13.8. The molecule has 0 spiro atoms. The molecule has 2 aromatic carbocycles. The summed E-state index contributed by atoms with van der Waals surface area (Å²) in [5.74, 6) is -1.50. The number of nitrogens with zero attached hydrogens (tertiary/aromatic N) is 2. The molecule has 9 heteroatoms. The first kappa shape index (κ1) is 21.5. The van der Waals surface area contributed by atoms with Crippen molar-refractivity contribution in [1.29, 1.82) is 0 Å². The summed E-state index contributed by atoms with van der Waals surface area (Å²) < 4.78 is 4.92. The molecule has 0 radical (unpaired) electrons. The zero-order chi connectivity index (χ0) is 21.4. The molecule has 0 fully saturated rings. The minimum absolute atomic E-state index is 0.0928. The van der Waals surface area contributed by atoms with Crippen molar-refractivity contribution in [2.24, 2.45) is 0 Å². The third-order valence-corrected chi connectivity index (χ3v) is 4.09. The van der Waals surface area contributed by atoms with E-state index >= 15 is 0 Å². The van der Waals surface area contributed by atoms with Crippen LogP contribution in [0.25, 0.3) is 0 Å². The van der Waals surface area contributed by atoms with E-state index in [-0.39, 0.29) is 17.2 Å². The van der Waals surface area contributed by atoms with Crippen LogP contribution in [0.15, 0.2) is 48.5 Å². The summed E-state index contributed by atoms with van der Waals surface area (Å²) in [5.41, 5.74) is 0.780. The number of nitro benzene ring substituents is 1. The quantitative estimate of drug-likeness (QED) is 0.414. The van der Waals surface area contributed by atoms with Crippen LogP contribution in [0, 0.1) is 10.1 Å². The normalized spacial score (nSPS) is 10.1. The van der Waals surface area contributed by atoms with E-state index in [9.17, 15) is 24.5 Å². The minimum atomic E-state index is -0.777. The van der Waals surface area contributed by atoms with Crippen LogP contribution in [-0.4, -0.2) is 47.3 Å². The highest BCUT2D eigenvalue weighted by atomic mass is 16.6. The predicted molar refractivity (Wildman–Crippen MR) is 106 cm³/mol. The highest BCUT2D eigenvalue weighted by molar-refractivity contribution is 5.98. The van der Waals surface area contributed by atoms with Crippen LogP contribution < -0.4 is 5.32 Å². The van der Waals surface area contributed by atoms with Gasteiger partial charge in [0.2, 0.25) is 0 Å². The van der Waals surface area contributed by atoms with Gasteiger partial charge in [0.25, 0.3) is 17.5 Å². The van der Waals surface area contributed by atoms with Gasteiger partial charge in [-0.15, -0.1) is 0 Å². The van der Waals surface area contributed by atoms with E-state index in [1.807, 2.05) is 13.8 Å². The molecule has 2 amide bonds. The van der Waals surface area contributed by atoms with Gasteiger partial charge in [0.05, 0.1) is 10.5 Å². The molecule has 2 aromatic rings. The van der Waals surface area contributed by atoms with E-state index in [0.717, 1.165) is 0 Å². The van der Waals surface area contributed by atoms with E-state index < -0.39 is 23.4 Å². The lowest BCUT2D eigenvalue weighted by molar-refractivity contribution is -0.384. The summed E-state index contributed by atoms with van der Waals surface area (Å²) in [4.78, 5) is 48.1. The van der Waals surface area contributed by atoms with Gasteiger partial charge < -0.3 is 15.0 Å². The van der Waals surface area contributed by atoms with Crippen molar-refractivity contribution in [2.75, 3.05) is 25.0 Å². The van der Waals surface area contributed by atoms with Crippen molar-refractivity contribution in [3.05, 3.63) is 69.8 Å². The first-order valence-electron chi connectivity index (χ1n) is 8.96. The summed E-state index contributed by atoms with van der Waals surface area (Å²) in [5, 5.41) is 13.2. The van der Waals surface area contributed by atoms with Gasteiger partial charge in [0.15, 0.2) is 6.61 Å². The zero-order valence-electron chi connectivity index (χ0n) is 16.1. The van der Waals surface area contributed by atoms with E-state index in [2.05, 4.69) is 5.32 Å². The number of esters is 1. The second-order valence-electron chi connectivity index (χ2n) is 5.99. The van der Waals surface area contributed by atoms with E-state index in [1.165, 1.54) is 24.3 Å². The van der Waals surface area contributed by atoms with Crippen LogP contribution in [-0.2, 0) is 9.53 Å². The number of amides is 2. The average Bonchev–Trinajstić information content (AvgIpc) is 2.73. The Kier molecular flexibility index (Phi) is 7.41. The maximum Gasteiger partial charge on any atom is 0.338 e. The molecule has 0 atom stereocenters. The van der Waals surface area contributed by atoms with Gasteiger partial charge in [0, 0.05) is 36.5 Å². The molecule has 0 saturated heterocycles. The molecular formula is C20H21N3O6. The lowest BCUT2D eigenvalue weighted by atomic mass is 10.1. The van der Waals surface area contributed by atoms with Crippen LogP contribution in [0.3, 0.4) is 0 Å². The number of carbonyl (C=O) groups excluding carboxylic acids is 3. The number of ether oxygens (including phenoxy) is 1. The molecule has 0 bridgehead atoms. The van der Waals surface area contributed by atoms with E-state index in [4.69, 9.17) is 4.74 Å². The van der Waals surface area contributed by atoms with Crippen molar-refractivity contribution in [3.8, 4) is 0 Å². The Morgan fingerprint density at radius 1 is 1.03 bits per heavy atom. The third kappa shape index (κ3) is 5.86. The summed E-state index contributed by atoms with van der Waals surface area (Å²) >= 11 is 0. The lowest BCUT2D eigenvalue weighted by Gasteiger charge is -2.19. The highest BCUT2D eigenvalue weighted by Crippen LogP contribution is 2.14. The standard InChI is InChI=1S/C20H21N3O6/c1-3-22(4-2)19(25)15-6-5-7-16(12-15)21-18(24)13-29-20(26)14-8-10-17(11-9-14)23(27)28/h5-12H,3-4,13H2,1-2H3,(H,21,24). The summed E-state index contributed by atoms with van der Waals surface area (Å²) in [6.07, 6.45) is 0. The van der Waals surface area contributed by atoms with Crippen LogP contribution in [0.5, 0.6) is 0 Å². The fourth-order valence-corrected chi connectivity index (χ4v) is 2.55. The van der Waals surface area contributed by atoms with Gasteiger partial charge in [-0.2, -0.15) is 0 Å². The molecular weight excluding hydrogens is 378 g/mol. The molecule has 0 heterocycles. The van der Waals surface area contributed by atoms with Crippen molar-refractivity contribution in [2.45, 2.75) is 13.8 Å². The second kappa shape index (κ2) is 9.98. The molecule has 152 valence electrons. The Morgan fingerprint density at radius 3 is 2.28 bits per heavy atom. The molecule has 0 aliphatic heterocycles. The van der Waals surface area contributed by atoms with Gasteiger partial charge >= 0.3 is 5.97 Å². The van der Waals surface area contributed by atoms with Gasteiger partial charge in [-0.05, 0) is 44.2 Å². The number of carbonyl (C=O) groups is 3. The summed E-state index contributed by atoms with van der Waals surface area (Å²) in [6, 6.07) is 11.3. The smallest absolute Gasteiger partial charge is 0.338 e. The molecule has 0 saturated carbocycles. The molecule has 9 nitrogen and oxygen atoms in total. The number of nitrogens with one attached hydrogen (secondary N) is 1. The van der Waals surface area contributed by atoms with Crippen molar-refractivity contribution in [3.63, 3.8) is 0 Å². The molecule has 0 aliphatic carbocycles. The monoisotopic (exact) mass is 399 g/mol. The number of nitro groups is 1. The van der Waals surface area contributed by atoms with Crippen molar-refractivity contribution >= 4 is 29.2 Å². The molecule has 29 heavy (non-hydrogen) atoms. The molecule has 1 N–H and O–H groups in total. The number of rotatable bonds is 8. The first-order valence-corrected chi connectivity index (χ1v) is 8.96. The predicted octanol–water partition coefficient (Wildman–Crippen LogP) is 2.87. The van der Waals surface area contributed by atoms with Crippen molar-refractivity contribution in [1.82, 2.24) is 4.90 Å². The Labute approximate surface area is 167 Å². The zero-order valence-corrected chi connectivity index (χ0v) is 16.1. The lowest BCUT2D eigenvalue weighted by Crippen LogP contribution is -2.30. The van der Waals surface area contributed by atoms with Gasteiger partial charge in [-0.1, -0.05) is 6.07 Å². The Morgan fingerprint density at radius 2 is 1.69 bits per heavy atom. The largest absolute Gasteiger partial charge is 0.452 e. The van der Waals surface area contributed by atoms with Crippen molar-refractivity contribution < 1.29 is 24.0 Å². The summed E-state index contributed by atoms with van der Waals surface area (Å²) in [6.45, 7) is 4.37. The van der Waals surface area contributed by atoms with Gasteiger partial charge in [-0.3, -0.25) is 19.7 Å². The maximum absolute atomic E-state index is 12.4. The number of hydrogen-bond donors (Lipinski definition) is 1. The van der Waals surface area contributed by atoms with E-state index in [0.29, 0.717) is 24.3 Å². The van der Waals surface area contributed by atoms with Crippen LogP contribution >= 0.6 is 0 Å². The Balaban J connectivity index is 1.93. The average molecular weight is 399 g/mol. The fourth-order valence-electron chi connectivity index (χ4n) is 2.55. The Hall–Kier alpha value is -3.75. The highest BCUT2D eigenvalue weighted by Gasteiger charge is 2.15. The minimum Gasteiger partial charge on any atom is -0.452 e. The molecule has 0 aromatic heterocycles. The SMILES string of the molecule is CCN(CC)C(=O)c1cccc(NC(=O)COC(=O)c2ccc([N+](=O)[O-])cc2)c1. The molecule has 0 unspecified atom stereocenters. The number of benzene rings is 2. The number of hydrogen-bond acceptors (Lipinski definition) is 6. The van der Waals surface area contributed by atoms with Gasteiger partial charge in [0.1, 0.15) is 0 Å². The van der Waals surface area contributed by atoms with Crippen LogP contribution in [0.4, 0.5) is 11.4 Å². The fraction of sp³-hybridized carbons (Fsp3) is 0.250. The third-order valence-electron chi connectivity index (χ3n) is 4.09. The van der Waals surface area contributed by atoms with Crippen LogP contribution in [0.1, 0.15) is 34.6 Å². The number of anilines is 1. The maximum atomic E-state index is 12.4. The number of non-ortho nitro benzene ring substituents is 1. The van der Waals surface area contributed by atoms with Crippen LogP contribution in [0.2, 0.25) is 0 Å². The molecule has 2 rings (SSSR count). The van der Waals surface area contributed by atoms with E-state index in [1.54, 1.807) is 29.2 Å². The van der Waals surface area contributed by atoms with Gasteiger partial charge in [-0.25, -0.2) is 4.79 Å². The molecule has 0 aliphatic rings.